The Morgan fingerprint density at radius 3 is 2.67 bits per heavy atom. The number of carbonyl (C=O) groups excluding carboxylic acids is 1. The van der Waals surface area contributed by atoms with Crippen molar-refractivity contribution >= 4 is 11.6 Å². The number of anilines is 1. The molecule has 1 N–H and O–H groups in total. The van der Waals surface area contributed by atoms with Gasteiger partial charge in [-0.25, -0.2) is 9.80 Å². The molecule has 4 nitrogen and oxygen atoms in total. The molecule has 0 bridgehead atoms. The normalized spacial score (nSPS) is 26.0. The van der Waals surface area contributed by atoms with Gasteiger partial charge in [-0.2, -0.15) is 0 Å². The second-order valence-electron chi connectivity index (χ2n) is 3.88. The van der Waals surface area contributed by atoms with Crippen LogP contribution in [-0.4, -0.2) is 35.9 Å². The molecule has 0 aliphatic carbocycles. The van der Waals surface area contributed by atoms with Crippen LogP contribution in [0.4, 0.5) is 5.69 Å². The number of nitrogens with zero attached hydrogens (tertiary/aromatic N) is 2. The maximum Gasteiger partial charge on any atom is 0.341 e. The summed E-state index contributed by atoms with van der Waals surface area (Å²) in [6.45, 7) is 0.480. The van der Waals surface area contributed by atoms with Gasteiger partial charge in [-0.1, -0.05) is 18.2 Å². The first-order valence-electron chi connectivity index (χ1n) is 5.01. The minimum atomic E-state index is -0.187. The summed E-state index contributed by atoms with van der Waals surface area (Å²) in [4.78, 5) is 11.7. The number of quaternary nitrogens is 1. The van der Waals surface area contributed by atoms with Crippen LogP contribution in [0.2, 0.25) is 0 Å². The van der Waals surface area contributed by atoms with E-state index in [1.165, 1.54) is 0 Å². The third kappa shape index (κ3) is 1.52. The van der Waals surface area contributed by atoms with Gasteiger partial charge >= 0.3 is 5.91 Å². The third-order valence-electron chi connectivity index (χ3n) is 2.94. The number of hydrogen-bond donors (Lipinski definition) is 1. The molecular formula is C11H15N2O2+. The summed E-state index contributed by atoms with van der Waals surface area (Å²) in [5.74, 6) is 0.0568. The van der Waals surface area contributed by atoms with Gasteiger partial charge in [-0.3, -0.25) is 0 Å². The second-order valence-corrected chi connectivity index (χ2v) is 3.88. The van der Waals surface area contributed by atoms with E-state index in [1.807, 2.05) is 35.3 Å². The van der Waals surface area contributed by atoms with Crippen molar-refractivity contribution in [1.82, 2.24) is 0 Å². The molecule has 1 aliphatic heterocycles. The van der Waals surface area contributed by atoms with Gasteiger partial charge in [-0.15, -0.1) is 4.59 Å². The van der Waals surface area contributed by atoms with Crippen LogP contribution in [0.15, 0.2) is 30.3 Å². The quantitative estimate of drug-likeness (QED) is 0.727. The Bertz CT molecular complexity index is 366. The van der Waals surface area contributed by atoms with E-state index in [9.17, 15) is 9.90 Å². The van der Waals surface area contributed by atoms with Crippen molar-refractivity contribution in [3.63, 3.8) is 0 Å². The average molecular weight is 207 g/mol. The molecule has 2 rings (SSSR count). The minimum absolute atomic E-state index is 0.0377. The minimum Gasteiger partial charge on any atom is -0.345 e. The highest BCUT2D eigenvalue weighted by Crippen LogP contribution is 2.26. The Labute approximate surface area is 88.9 Å². The van der Waals surface area contributed by atoms with Crippen molar-refractivity contribution in [2.45, 2.75) is 6.42 Å². The number of aliphatic hydroxyl groups excluding tert-OH is 1. The fraction of sp³-hybridized carbons (Fsp3) is 0.364. The zero-order valence-corrected chi connectivity index (χ0v) is 8.76. The molecule has 1 saturated heterocycles. The molecule has 0 radical (unpaired) electrons. The van der Waals surface area contributed by atoms with Crippen LogP contribution in [-0.2, 0) is 4.79 Å². The van der Waals surface area contributed by atoms with Crippen molar-refractivity contribution in [3.05, 3.63) is 30.3 Å². The van der Waals surface area contributed by atoms with Gasteiger partial charge in [0.25, 0.3) is 0 Å². The van der Waals surface area contributed by atoms with E-state index in [2.05, 4.69) is 0 Å². The molecule has 1 fully saturated rings. The molecule has 4 heteroatoms. The van der Waals surface area contributed by atoms with Gasteiger partial charge in [0.1, 0.15) is 7.05 Å². The maximum absolute atomic E-state index is 11.7. The topological polar surface area (TPSA) is 40.5 Å². The molecule has 1 aliphatic rings. The van der Waals surface area contributed by atoms with E-state index in [-0.39, 0.29) is 17.2 Å². The average Bonchev–Trinajstić information content (AvgIpc) is 2.58. The lowest BCUT2D eigenvalue weighted by Gasteiger charge is -2.33. The summed E-state index contributed by atoms with van der Waals surface area (Å²) in [6.07, 6.45) is 0.492. The van der Waals surface area contributed by atoms with Crippen LogP contribution in [0.5, 0.6) is 0 Å². The first-order chi connectivity index (χ1) is 7.18. The van der Waals surface area contributed by atoms with Gasteiger partial charge in [0.2, 0.25) is 6.73 Å². The summed E-state index contributed by atoms with van der Waals surface area (Å²) < 4.78 is -0.0377. The Balaban J connectivity index is 2.35. The lowest BCUT2D eigenvalue weighted by molar-refractivity contribution is -0.855. The zero-order valence-electron chi connectivity index (χ0n) is 8.76. The fourth-order valence-corrected chi connectivity index (χ4v) is 1.94. The predicted octanol–water partition coefficient (Wildman–Crippen LogP) is 0.735. The van der Waals surface area contributed by atoms with Crippen LogP contribution < -0.4 is 5.01 Å². The molecule has 0 aromatic heterocycles. The molecule has 1 atom stereocenters. The molecule has 1 amide bonds. The Hall–Kier alpha value is -1.39. The number of hydrogen-bond acceptors (Lipinski definition) is 3. The van der Waals surface area contributed by atoms with E-state index in [4.69, 9.17) is 0 Å². The monoisotopic (exact) mass is 207 g/mol. The van der Waals surface area contributed by atoms with E-state index in [0.29, 0.717) is 13.0 Å². The standard InChI is InChI=1S/C11H15N2O2/c1-13(9-14)11(15)7-8-12(13)10-5-3-2-4-6-10/h2-6,14H,7-9H2,1H3/q+1. The van der Waals surface area contributed by atoms with Gasteiger partial charge in [-0.05, 0) is 12.1 Å². The summed E-state index contributed by atoms with van der Waals surface area (Å²) >= 11 is 0. The molecular weight excluding hydrogens is 192 g/mol. The maximum atomic E-state index is 11.7. The molecule has 1 aromatic rings. The highest BCUT2D eigenvalue weighted by atomic mass is 16.3. The van der Waals surface area contributed by atoms with E-state index >= 15 is 0 Å². The Morgan fingerprint density at radius 2 is 2.07 bits per heavy atom. The summed E-state index contributed by atoms with van der Waals surface area (Å²) in [6, 6.07) is 9.69. The molecule has 1 unspecified atom stereocenters. The first kappa shape index (κ1) is 10.1. The molecule has 0 spiro atoms. The van der Waals surface area contributed by atoms with E-state index in [1.54, 1.807) is 7.05 Å². The summed E-state index contributed by atoms with van der Waals surface area (Å²) in [5, 5.41) is 11.3. The molecule has 1 aromatic carbocycles. The number of rotatable bonds is 2. The Morgan fingerprint density at radius 1 is 1.40 bits per heavy atom. The van der Waals surface area contributed by atoms with Crippen LogP contribution in [0.25, 0.3) is 0 Å². The number of para-hydroxylation sites is 1. The van der Waals surface area contributed by atoms with Crippen LogP contribution in [0.1, 0.15) is 6.42 Å². The molecule has 0 saturated carbocycles. The lowest BCUT2D eigenvalue weighted by atomic mass is 10.3. The third-order valence-corrected chi connectivity index (χ3v) is 2.94. The number of carbonyl (C=O) groups is 1. The lowest BCUT2D eigenvalue weighted by Crippen LogP contribution is -2.56. The van der Waals surface area contributed by atoms with Crippen LogP contribution >= 0.6 is 0 Å². The van der Waals surface area contributed by atoms with Crippen molar-refractivity contribution in [1.29, 1.82) is 0 Å². The summed E-state index contributed by atoms with van der Waals surface area (Å²) in [5.41, 5.74) is 0.972. The SMILES string of the molecule is C[N+]1(CO)C(=O)CCN1c1ccccc1. The van der Waals surface area contributed by atoms with Crippen LogP contribution in [0, 0.1) is 0 Å². The molecule has 1 heterocycles. The van der Waals surface area contributed by atoms with Crippen LogP contribution in [0.3, 0.4) is 0 Å². The highest BCUT2D eigenvalue weighted by molar-refractivity contribution is 5.73. The molecule has 15 heavy (non-hydrogen) atoms. The second kappa shape index (κ2) is 3.64. The number of aliphatic hydroxyl groups is 1. The highest BCUT2D eigenvalue weighted by Gasteiger charge is 2.44. The first-order valence-corrected chi connectivity index (χ1v) is 5.01. The van der Waals surface area contributed by atoms with E-state index < -0.39 is 0 Å². The van der Waals surface area contributed by atoms with E-state index in [0.717, 1.165) is 5.69 Å². The summed E-state index contributed by atoms with van der Waals surface area (Å²) in [7, 11) is 1.74. The number of benzene rings is 1. The number of amides is 1. The van der Waals surface area contributed by atoms with Crippen molar-refractivity contribution in [3.8, 4) is 0 Å². The molecule has 80 valence electrons. The predicted molar refractivity (Wildman–Crippen MR) is 56.7 cm³/mol. The smallest absolute Gasteiger partial charge is 0.341 e. The van der Waals surface area contributed by atoms with Crippen molar-refractivity contribution in [2.24, 2.45) is 0 Å². The fourth-order valence-electron chi connectivity index (χ4n) is 1.94. The van der Waals surface area contributed by atoms with Gasteiger partial charge in [0.05, 0.1) is 18.7 Å². The van der Waals surface area contributed by atoms with Gasteiger partial charge < -0.3 is 5.11 Å². The van der Waals surface area contributed by atoms with Crippen molar-refractivity contribution < 1.29 is 14.5 Å². The zero-order chi connectivity index (χ0) is 10.9. The van der Waals surface area contributed by atoms with Gasteiger partial charge in [0, 0.05) is 0 Å². The van der Waals surface area contributed by atoms with Gasteiger partial charge in [0.15, 0.2) is 0 Å². The van der Waals surface area contributed by atoms with Crippen molar-refractivity contribution in [2.75, 3.05) is 25.3 Å². The Kier molecular flexibility index (Phi) is 2.46. The largest absolute Gasteiger partial charge is 0.345 e.